The summed E-state index contributed by atoms with van der Waals surface area (Å²) in [4.78, 5) is 0. The SMILES string of the molecule is CNC(CCCOC)(CCCOC)CCCOC.CNC(COC)(COC)COC.CNCC(COC)(COC)COC. The highest BCUT2D eigenvalue weighted by Gasteiger charge is 2.30. The Balaban J connectivity index is -0.000000574. The summed E-state index contributed by atoms with van der Waals surface area (Å²) in [7, 11) is 21.2. The van der Waals surface area contributed by atoms with Gasteiger partial charge in [-0.25, -0.2) is 0 Å². The predicted molar refractivity (Wildman–Crippen MR) is 175 cm³/mol. The molecule has 0 fully saturated rings. The van der Waals surface area contributed by atoms with Crippen molar-refractivity contribution in [1.82, 2.24) is 16.0 Å². The number of rotatable bonds is 28. The smallest absolute Gasteiger partial charge is 0.0887 e. The molecule has 0 amide bonds. The van der Waals surface area contributed by atoms with Crippen LogP contribution in [0.4, 0.5) is 0 Å². The molecule has 3 N–H and O–H groups in total. The molecular formula is C31H71N3O9. The highest BCUT2D eigenvalue weighted by Crippen LogP contribution is 2.25. The van der Waals surface area contributed by atoms with Crippen molar-refractivity contribution >= 4 is 0 Å². The van der Waals surface area contributed by atoms with Gasteiger partial charge in [0.25, 0.3) is 0 Å². The monoisotopic (exact) mass is 630 g/mol. The number of nitrogens with one attached hydrogen (secondary N) is 3. The highest BCUT2D eigenvalue weighted by molar-refractivity contribution is 4.87. The van der Waals surface area contributed by atoms with E-state index in [1.807, 2.05) is 14.1 Å². The minimum Gasteiger partial charge on any atom is -0.385 e. The number of ether oxygens (including phenoxy) is 9. The first kappa shape index (κ1) is 46.9. The lowest BCUT2D eigenvalue weighted by molar-refractivity contribution is -0.0362. The molecule has 0 unspecified atom stereocenters. The zero-order valence-electron chi connectivity index (χ0n) is 30.0. The first-order valence-corrected chi connectivity index (χ1v) is 15.2. The van der Waals surface area contributed by atoms with Crippen molar-refractivity contribution in [2.45, 2.75) is 49.6 Å². The standard InChI is InChI=1S/C14H31NO3.C9H21NO3.C8H19NO3/c1-15-14(8-5-11-16-2,9-6-12-17-3)10-7-13-18-4;1-10-5-9(6-11-2,7-12-3)8-13-4;1-9-8(5-10-2,6-11-3)7-12-4/h15H,5-13H2,1-4H3;10H,5-8H2,1-4H3;9H,5-7H2,1-4H3. The molecular weight excluding hydrogens is 558 g/mol. The van der Waals surface area contributed by atoms with Crippen molar-refractivity contribution in [2.75, 3.05) is 151 Å². The van der Waals surface area contributed by atoms with Crippen molar-refractivity contribution < 1.29 is 42.6 Å². The fraction of sp³-hybridized carbons (Fsp3) is 1.00. The van der Waals surface area contributed by atoms with Gasteiger partial charge in [0, 0.05) is 95.9 Å². The van der Waals surface area contributed by atoms with Crippen LogP contribution in [0.1, 0.15) is 38.5 Å². The summed E-state index contributed by atoms with van der Waals surface area (Å²) in [5.74, 6) is 0. The van der Waals surface area contributed by atoms with E-state index in [0.717, 1.165) is 64.9 Å². The molecule has 0 aromatic rings. The van der Waals surface area contributed by atoms with Crippen LogP contribution in [-0.4, -0.2) is 162 Å². The van der Waals surface area contributed by atoms with Gasteiger partial charge in [-0.3, -0.25) is 0 Å². The van der Waals surface area contributed by atoms with E-state index in [4.69, 9.17) is 42.6 Å². The van der Waals surface area contributed by atoms with E-state index in [-0.39, 0.29) is 16.5 Å². The molecule has 12 heteroatoms. The molecule has 0 aromatic carbocycles. The average molecular weight is 630 g/mol. The minimum atomic E-state index is -0.224. The van der Waals surface area contributed by atoms with Gasteiger partial charge in [-0.2, -0.15) is 0 Å². The number of likely N-dealkylation sites (N-methyl/N-ethyl adjacent to an activating group) is 1. The van der Waals surface area contributed by atoms with E-state index in [0.29, 0.717) is 39.6 Å². The third-order valence-electron chi connectivity index (χ3n) is 7.24. The Morgan fingerprint density at radius 3 is 0.907 bits per heavy atom. The van der Waals surface area contributed by atoms with E-state index >= 15 is 0 Å². The molecule has 0 saturated carbocycles. The van der Waals surface area contributed by atoms with E-state index in [1.165, 1.54) is 0 Å². The Morgan fingerprint density at radius 1 is 0.395 bits per heavy atom. The highest BCUT2D eigenvalue weighted by atomic mass is 16.5. The Morgan fingerprint density at radius 2 is 0.698 bits per heavy atom. The second kappa shape index (κ2) is 32.9. The Bertz CT molecular complexity index is 476. The van der Waals surface area contributed by atoms with Crippen molar-refractivity contribution in [1.29, 1.82) is 0 Å². The van der Waals surface area contributed by atoms with Gasteiger partial charge >= 0.3 is 0 Å². The molecule has 0 bridgehead atoms. The number of hydrogen-bond acceptors (Lipinski definition) is 12. The second-order valence-corrected chi connectivity index (χ2v) is 11.0. The number of methoxy groups -OCH3 is 9. The molecule has 0 rings (SSSR count). The maximum Gasteiger partial charge on any atom is 0.0887 e. The molecule has 0 aromatic heterocycles. The Hall–Kier alpha value is -0.480. The van der Waals surface area contributed by atoms with Gasteiger partial charge in [-0.05, 0) is 59.7 Å². The predicted octanol–water partition coefficient (Wildman–Crippen LogP) is 2.24. The first-order valence-electron chi connectivity index (χ1n) is 15.2. The topological polar surface area (TPSA) is 119 Å². The second-order valence-electron chi connectivity index (χ2n) is 11.0. The fourth-order valence-electron chi connectivity index (χ4n) is 5.16. The molecule has 43 heavy (non-hydrogen) atoms. The van der Waals surface area contributed by atoms with Gasteiger partial charge in [0.1, 0.15) is 0 Å². The third kappa shape index (κ3) is 24.4. The van der Waals surface area contributed by atoms with Gasteiger partial charge in [0.15, 0.2) is 0 Å². The summed E-state index contributed by atoms with van der Waals surface area (Å²) in [5.41, 5.74) is -0.0964. The maximum absolute atomic E-state index is 5.16. The molecule has 0 spiro atoms. The Labute approximate surface area is 264 Å². The van der Waals surface area contributed by atoms with E-state index in [2.05, 4.69) is 23.0 Å². The summed E-state index contributed by atoms with van der Waals surface area (Å²) in [5, 5.41) is 9.79. The number of hydrogen-bond donors (Lipinski definition) is 3. The summed E-state index contributed by atoms with van der Waals surface area (Å²) in [6, 6.07) is 0. The molecule has 0 aliphatic heterocycles. The Kier molecular flexibility index (Phi) is 35.9. The minimum absolute atomic E-state index is 0.0764. The van der Waals surface area contributed by atoms with Crippen LogP contribution in [0.15, 0.2) is 0 Å². The average Bonchev–Trinajstić information content (AvgIpc) is 2.99. The van der Waals surface area contributed by atoms with Crippen LogP contribution in [-0.2, 0) is 42.6 Å². The van der Waals surface area contributed by atoms with Crippen molar-refractivity contribution in [3.63, 3.8) is 0 Å². The normalized spacial score (nSPS) is 12.0. The van der Waals surface area contributed by atoms with Crippen molar-refractivity contribution in [3.8, 4) is 0 Å². The van der Waals surface area contributed by atoms with Gasteiger partial charge in [0.2, 0.25) is 0 Å². The van der Waals surface area contributed by atoms with Crippen LogP contribution in [0, 0.1) is 5.41 Å². The van der Waals surface area contributed by atoms with Crippen molar-refractivity contribution in [3.05, 3.63) is 0 Å². The molecule has 264 valence electrons. The third-order valence-corrected chi connectivity index (χ3v) is 7.24. The van der Waals surface area contributed by atoms with Gasteiger partial charge in [0.05, 0.1) is 50.6 Å². The van der Waals surface area contributed by atoms with Gasteiger partial charge in [-0.15, -0.1) is 0 Å². The molecule has 0 aliphatic carbocycles. The van der Waals surface area contributed by atoms with E-state index in [1.54, 1.807) is 64.0 Å². The molecule has 0 saturated heterocycles. The van der Waals surface area contributed by atoms with Crippen LogP contribution in [0.3, 0.4) is 0 Å². The lowest BCUT2D eigenvalue weighted by atomic mass is 9.84. The summed E-state index contributed by atoms with van der Waals surface area (Å²) >= 11 is 0. The van der Waals surface area contributed by atoms with Crippen LogP contribution in [0.25, 0.3) is 0 Å². The summed E-state index contributed by atoms with van der Waals surface area (Å²) in [6.07, 6.45) is 6.71. The quantitative estimate of drug-likeness (QED) is 0.110. The van der Waals surface area contributed by atoms with Crippen LogP contribution in [0.2, 0.25) is 0 Å². The summed E-state index contributed by atoms with van der Waals surface area (Å²) in [6.45, 7) is 6.94. The van der Waals surface area contributed by atoms with Gasteiger partial charge in [-0.1, -0.05) is 0 Å². The molecule has 12 nitrogen and oxygen atoms in total. The summed E-state index contributed by atoms with van der Waals surface area (Å²) < 4.78 is 46.2. The zero-order chi connectivity index (χ0) is 33.3. The lowest BCUT2D eigenvalue weighted by Crippen LogP contribution is -2.54. The van der Waals surface area contributed by atoms with Crippen LogP contribution in [0.5, 0.6) is 0 Å². The lowest BCUT2D eigenvalue weighted by Gasteiger charge is -2.34. The molecule has 0 atom stereocenters. The molecule has 0 heterocycles. The maximum atomic E-state index is 5.16. The zero-order valence-corrected chi connectivity index (χ0v) is 30.0. The largest absolute Gasteiger partial charge is 0.385 e. The van der Waals surface area contributed by atoms with Crippen LogP contribution < -0.4 is 16.0 Å². The fourth-order valence-corrected chi connectivity index (χ4v) is 5.16. The van der Waals surface area contributed by atoms with Gasteiger partial charge < -0.3 is 58.6 Å². The van der Waals surface area contributed by atoms with E-state index in [9.17, 15) is 0 Å². The molecule has 0 aliphatic rings. The van der Waals surface area contributed by atoms with E-state index < -0.39 is 0 Å². The van der Waals surface area contributed by atoms with Crippen molar-refractivity contribution in [2.24, 2.45) is 5.41 Å². The van der Waals surface area contributed by atoms with Crippen LogP contribution >= 0.6 is 0 Å². The first-order chi connectivity index (χ1) is 20.7. The molecule has 0 radical (unpaired) electrons.